The van der Waals surface area contributed by atoms with Crippen LogP contribution in [0.5, 0.6) is 0 Å². The summed E-state index contributed by atoms with van der Waals surface area (Å²) < 4.78 is 74.5. The van der Waals surface area contributed by atoms with E-state index in [0.717, 1.165) is 12.1 Å². The van der Waals surface area contributed by atoms with Crippen LogP contribution >= 0.6 is 0 Å². The third kappa shape index (κ3) is 2.54. The van der Waals surface area contributed by atoms with Gasteiger partial charge in [0.25, 0.3) is 0 Å². The van der Waals surface area contributed by atoms with Gasteiger partial charge >= 0.3 is 12.4 Å². The van der Waals surface area contributed by atoms with Gasteiger partial charge in [-0.2, -0.15) is 36.9 Å². The molecular formula is C10H2F6N2. The summed E-state index contributed by atoms with van der Waals surface area (Å²) in [5.41, 5.74) is -5.46. The minimum atomic E-state index is -5.14. The summed E-state index contributed by atoms with van der Waals surface area (Å²) in [6.07, 6.45) is -10.2. The van der Waals surface area contributed by atoms with Crippen molar-refractivity contribution in [1.82, 2.24) is 0 Å². The maximum absolute atomic E-state index is 12.5. The predicted molar refractivity (Wildman–Crippen MR) is 45.9 cm³/mol. The molecule has 0 unspecified atom stereocenters. The van der Waals surface area contributed by atoms with Gasteiger partial charge in [0.15, 0.2) is 0 Å². The molecule has 94 valence electrons. The zero-order chi connectivity index (χ0) is 14.1. The summed E-state index contributed by atoms with van der Waals surface area (Å²) in [7, 11) is 0. The van der Waals surface area contributed by atoms with E-state index in [-0.39, 0.29) is 12.1 Å². The zero-order valence-electron chi connectivity index (χ0n) is 8.32. The van der Waals surface area contributed by atoms with Crippen molar-refractivity contribution in [2.24, 2.45) is 0 Å². The Kier molecular flexibility index (Phi) is 3.25. The van der Waals surface area contributed by atoms with E-state index in [1.165, 1.54) is 0 Å². The van der Waals surface area contributed by atoms with Gasteiger partial charge < -0.3 is 0 Å². The molecule has 0 aliphatic carbocycles. The number of hydrogen-bond donors (Lipinski definition) is 0. The van der Waals surface area contributed by atoms with Crippen molar-refractivity contribution < 1.29 is 26.3 Å². The van der Waals surface area contributed by atoms with Crippen molar-refractivity contribution in [3.63, 3.8) is 0 Å². The first-order valence-corrected chi connectivity index (χ1v) is 4.24. The van der Waals surface area contributed by atoms with Crippen LogP contribution in [0.15, 0.2) is 12.1 Å². The maximum atomic E-state index is 12.5. The number of halogens is 6. The maximum Gasteiger partial charge on any atom is 0.417 e. The van der Waals surface area contributed by atoms with E-state index < -0.39 is 34.6 Å². The van der Waals surface area contributed by atoms with Gasteiger partial charge in [0, 0.05) is 0 Å². The summed E-state index contributed by atoms with van der Waals surface area (Å²) >= 11 is 0. The average molecular weight is 264 g/mol. The van der Waals surface area contributed by atoms with Gasteiger partial charge in [0.1, 0.15) is 12.1 Å². The average Bonchev–Trinajstić information content (AvgIpc) is 2.24. The first kappa shape index (κ1) is 13.8. The number of hydrogen-bond acceptors (Lipinski definition) is 2. The normalized spacial score (nSPS) is 11.8. The fourth-order valence-electron chi connectivity index (χ4n) is 1.24. The summed E-state index contributed by atoms with van der Waals surface area (Å²) in [6.45, 7) is 0. The topological polar surface area (TPSA) is 47.6 Å². The van der Waals surface area contributed by atoms with E-state index in [1.54, 1.807) is 0 Å². The van der Waals surface area contributed by atoms with Crippen molar-refractivity contribution in [3.8, 4) is 12.1 Å². The third-order valence-corrected chi connectivity index (χ3v) is 2.00. The fraction of sp³-hybridized carbons (Fsp3) is 0.200. The molecule has 18 heavy (non-hydrogen) atoms. The molecule has 0 fully saturated rings. The largest absolute Gasteiger partial charge is 0.417 e. The highest BCUT2D eigenvalue weighted by atomic mass is 19.4. The molecule has 0 atom stereocenters. The van der Waals surface area contributed by atoms with Gasteiger partial charge in [-0.05, 0) is 12.1 Å². The molecule has 0 amide bonds. The molecule has 1 aromatic rings. The fourth-order valence-corrected chi connectivity index (χ4v) is 1.24. The Morgan fingerprint density at radius 2 is 1.39 bits per heavy atom. The molecule has 1 rings (SSSR count). The molecule has 2 nitrogen and oxygen atoms in total. The highest BCUT2D eigenvalue weighted by molar-refractivity contribution is 5.54. The number of nitrogens with zero attached hydrogens (tertiary/aromatic N) is 2. The van der Waals surface area contributed by atoms with E-state index in [0.29, 0.717) is 0 Å². The molecule has 1 aromatic carbocycles. The van der Waals surface area contributed by atoms with Gasteiger partial charge in [-0.1, -0.05) is 0 Å². The van der Waals surface area contributed by atoms with Crippen LogP contribution in [0.2, 0.25) is 0 Å². The number of rotatable bonds is 0. The number of nitriles is 2. The van der Waals surface area contributed by atoms with Gasteiger partial charge in [-0.15, -0.1) is 0 Å². The zero-order valence-corrected chi connectivity index (χ0v) is 8.32. The van der Waals surface area contributed by atoms with Gasteiger partial charge in [-0.25, -0.2) is 0 Å². The van der Waals surface area contributed by atoms with E-state index >= 15 is 0 Å². The van der Waals surface area contributed by atoms with E-state index in [1.807, 2.05) is 0 Å². The summed E-state index contributed by atoms with van der Waals surface area (Å²) in [5.74, 6) is 0. The second-order valence-electron chi connectivity index (χ2n) is 3.17. The second-order valence-corrected chi connectivity index (χ2v) is 3.17. The van der Waals surface area contributed by atoms with Crippen LogP contribution in [-0.4, -0.2) is 0 Å². The van der Waals surface area contributed by atoms with Crippen LogP contribution in [0.25, 0.3) is 0 Å². The molecular weight excluding hydrogens is 262 g/mol. The summed E-state index contributed by atoms with van der Waals surface area (Å²) in [4.78, 5) is 0. The molecule has 0 aliphatic heterocycles. The summed E-state index contributed by atoms with van der Waals surface area (Å²) in [6, 6.07) is 2.27. The van der Waals surface area contributed by atoms with Crippen LogP contribution in [0.4, 0.5) is 26.3 Å². The molecule has 0 saturated carbocycles. The van der Waals surface area contributed by atoms with Crippen LogP contribution in [-0.2, 0) is 12.4 Å². The van der Waals surface area contributed by atoms with Gasteiger partial charge in [-0.3, -0.25) is 0 Å². The molecule has 0 radical (unpaired) electrons. The minimum absolute atomic E-state index is 0.181. The van der Waals surface area contributed by atoms with Crippen molar-refractivity contribution in [2.45, 2.75) is 12.4 Å². The number of alkyl halides is 6. The van der Waals surface area contributed by atoms with Gasteiger partial charge in [0.05, 0.1) is 22.3 Å². The standard InChI is InChI=1S/C10H2F6N2/c11-9(12,13)6-1-5(3-17)7(4-18)8(2-6)10(14,15)16/h1-2H. The molecule has 0 bridgehead atoms. The Balaban J connectivity index is 3.71. The molecule has 0 aliphatic rings. The van der Waals surface area contributed by atoms with Crippen molar-refractivity contribution in [1.29, 1.82) is 10.5 Å². The van der Waals surface area contributed by atoms with Crippen LogP contribution in [0.3, 0.4) is 0 Å². The van der Waals surface area contributed by atoms with Crippen molar-refractivity contribution in [2.75, 3.05) is 0 Å². The molecule has 8 heteroatoms. The SMILES string of the molecule is N#Cc1cc(C(F)(F)F)cc(C(F)(F)F)c1C#N. The predicted octanol–water partition coefficient (Wildman–Crippen LogP) is 3.47. The Bertz CT molecular complexity index is 556. The minimum Gasteiger partial charge on any atom is -0.192 e. The molecule has 0 heterocycles. The van der Waals surface area contributed by atoms with E-state index in [4.69, 9.17) is 10.5 Å². The van der Waals surface area contributed by atoms with E-state index in [2.05, 4.69) is 0 Å². The lowest BCUT2D eigenvalue weighted by Gasteiger charge is -2.13. The van der Waals surface area contributed by atoms with Crippen LogP contribution in [0.1, 0.15) is 22.3 Å². The molecule has 0 saturated heterocycles. The van der Waals surface area contributed by atoms with E-state index in [9.17, 15) is 26.3 Å². The van der Waals surface area contributed by atoms with Crippen molar-refractivity contribution in [3.05, 3.63) is 34.4 Å². The van der Waals surface area contributed by atoms with Crippen LogP contribution < -0.4 is 0 Å². The molecule has 0 N–H and O–H groups in total. The molecule has 0 spiro atoms. The first-order valence-electron chi connectivity index (χ1n) is 4.24. The highest BCUT2D eigenvalue weighted by Crippen LogP contribution is 2.38. The highest BCUT2D eigenvalue weighted by Gasteiger charge is 2.39. The van der Waals surface area contributed by atoms with Gasteiger partial charge in [0.2, 0.25) is 0 Å². The lowest BCUT2D eigenvalue weighted by Crippen LogP contribution is -2.14. The Hall–Kier alpha value is -2.22. The first-order chi connectivity index (χ1) is 8.11. The smallest absolute Gasteiger partial charge is 0.192 e. The Labute approximate surface area is 96.7 Å². The summed E-state index contributed by atoms with van der Waals surface area (Å²) in [5, 5.41) is 17.0. The monoisotopic (exact) mass is 264 g/mol. The van der Waals surface area contributed by atoms with Crippen LogP contribution in [0, 0.1) is 22.7 Å². The molecule has 0 aromatic heterocycles. The second kappa shape index (κ2) is 4.22. The lowest BCUT2D eigenvalue weighted by atomic mass is 9.98. The Morgan fingerprint density at radius 3 is 1.72 bits per heavy atom. The Morgan fingerprint density at radius 1 is 0.833 bits per heavy atom. The number of benzene rings is 1. The van der Waals surface area contributed by atoms with Crippen molar-refractivity contribution >= 4 is 0 Å². The quantitative estimate of drug-likeness (QED) is 0.673. The lowest BCUT2D eigenvalue weighted by molar-refractivity contribution is -0.143. The third-order valence-electron chi connectivity index (χ3n) is 2.00.